The smallest absolute Gasteiger partial charge is 0.119 e. The van der Waals surface area contributed by atoms with Gasteiger partial charge in [-0.25, -0.2) is 0 Å². The topological polar surface area (TPSA) is 34.1 Å². The molecule has 3 heteroatoms. The van der Waals surface area contributed by atoms with Crippen LogP contribution in [0.2, 0.25) is 0 Å². The number of hydrogen-bond acceptors (Lipinski definition) is 3. The van der Waals surface area contributed by atoms with Crippen molar-refractivity contribution in [3.8, 4) is 17.0 Å². The fraction of sp³-hybridized carbons (Fsp3) is 0.389. The van der Waals surface area contributed by atoms with Crippen LogP contribution >= 0.6 is 0 Å². The third-order valence-electron chi connectivity index (χ3n) is 3.43. The number of ether oxygens (including phenoxy) is 1. The van der Waals surface area contributed by atoms with Crippen LogP contribution in [0.5, 0.6) is 5.75 Å². The Morgan fingerprint density at radius 1 is 1.19 bits per heavy atom. The monoisotopic (exact) mass is 284 g/mol. The van der Waals surface area contributed by atoms with Gasteiger partial charge in [0.05, 0.1) is 12.8 Å². The Morgan fingerprint density at radius 3 is 2.67 bits per heavy atom. The van der Waals surface area contributed by atoms with Crippen molar-refractivity contribution in [1.82, 2.24) is 10.3 Å². The number of nitrogens with zero attached hydrogens (tertiary/aromatic N) is 1. The molecule has 0 saturated carbocycles. The van der Waals surface area contributed by atoms with E-state index in [0.29, 0.717) is 5.92 Å². The summed E-state index contributed by atoms with van der Waals surface area (Å²) in [6.45, 7) is 8.39. The molecule has 1 heterocycles. The molecule has 0 radical (unpaired) electrons. The van der Waals surface area contributed by atoms with Gasteiger partial charge in [0.1, 0.15) is 5.75 Å². The molecule has 0 unspecified atom stereocenters. The van der Waals surface area contributed by atoms with Gasteiger partial charge in [-0.05, 0) is 43.1 Å². The molecule has 21 heavy (non-hydrogen) atoms. The lowest BCUT2D eigenvalue weighted by Crippen LogP contribution is -2.19. The van der Waals surface area contributed by atoms with Crippen molar-refractivity contribution in [3.63, 3.8) is 0 Å². The van der Waals surface area contributed by atoms with Crippen molar-refractivity contribution in [2.75, 3.05) is 13.7 Å². The zero-order chi connectivity index (χ0) is 15.2. The second-order valence-electron chi connectivity index (χ2n) is 5.70. The summed E-state index contributed by atoms with van der Waals surface area (Å²) in [6.07, 6.45) is 0. The van der Waals surface area contributed by atoms with E-state index >= 15 is 0 Å². The third kappa shape index (κ3) is 4.30. The molecule has 0 spiro atoms. The minimum atomic E-state index is 0.661. The SMILES string of the molecule is COc1cccc(-c2ccc(CNCC(C)C)c(C)n2)c1. The number of hydrogen-bond donors (Lipinski definition) is 1. The van der Waals surface area contributed by atoms with Crippen LogP contribution in [0.15, 0.2) is 36.4 Å². The first-order valence-electron chi connectivity index (χ1n) is 7.42. The van der Waals surface area contributed by atoms with Crippen LogP contribution in [0.3, 0.4) is 0 Å². The number of rotatable bonds is 6. The van der Waals surface area contributed by atoms with Crippen LogP contribution in [-0.4, -0.2) is 18.6 Å². The summed E-state index contributed by atoms with van der Waals surface area (Å²) in [4.78, 5) is 4.72. The molecule has 0 saturated heterocycles. The van der Waals surface area contributed by atoms with Crippen LogP contribution < -0.4 is 10.1 Å². The molecule has 0 aliphatic rings. The Labute approximate surface area is 127 Å². The van der Waals surface area contributed by atoms with E-state index in [4.69, 9.17) is 9.72 Å². The van der Waals surface area contributed by atoms with Crippen molar-refractivity contribution in [2.24, 2.45) is 5.92 Å². The average Bonchev–Trinajstić information content (AvgIpc) is 2.48. The van der Waals surface area contributed by atoms with E-state index in [1.165, 1.54) is 5.56 Å². The Hall–Kier alpha value is -1.87. The highest BCUT2D eigenvalue weighted by atomic mass is 16.5. The summed E-state index contributed by atoms with van der Waals surface area (Å²) in [5.74, 6) is 1.52. The summed E-state index contributed by atoms with van der Waals surface area (Å²) in [7, 11) is 1.68. The number of nitrogens with one attached hydrogen (secondary N) is 1. The predicted molar refractivity (Wildman–Crippen MR) is 87.5 cm³/mol. The first-order valence-corrected chi connectivity index (χ1v) is 7.42. The zero-order valence-electron chi connectivity index (χ0n) is 13.3. The second kappa shape index (κ2) is 7.23. The molecule has 0 bridgehead atoms. The molecule has 0 atom stereocenters. The molecule has 0 amide bonds. The highest BCUT2D eigenvalue weighted by Crippen LogP contribution is 2.23. The Kier molecular flexibility index (Phi) is 5.34. The quantitative estimate of drug-likeness (QED) is 0.876. The largest absolute Gasteiger partial charge is 0.497 e. The van der Waals surface area contributed by atoms with E-state index in [1.807, 2.05) is 18.2 Å². The minimum absolute atomic E-state index is 0.661. The lowest BCUT2D eigenvalue weighted by molar-refractivity contribution is 0.415. The van der Waals surface area contributed by atoms with E-state index in [2.05, 4.69) is 44.3 Å². The maximum Gasteiger partial charge on any atom is 0.119 e. The highest BCUT2D eigenvalue weighted by molar-refractivity contribution is 5.61. The molecule has 1 aromatic heterocycles. The lowest BCUT2D eigenvalue weighted by atomic mass is 10.1. The molecule has 1 N–H and O–H groups in total. The van der Waals surface area contributed by atoms with E-state index in [0.717, 1.165) is 35.8 Å². The molecule has 0 aliphatic carbocycles. The summed E-state index contributed by atoms with van der Waals surface area (Å²) in [6, 6.07) is 12.2. The van der Waals surface area contributed by atoms with Gasteiger partial charge in [0.25, 0.3) is 0 Å². The maximum absolute atomic E-state index is 5.27. The first kappa shape index (κ1) is 15.5. The van der Waals surface area contributed by atoms with Crippen molar-refractivity contribution in [3.05, 3.63) is 47.7 Å². The molecule has 112 valence electrons. The molecule has 0 fully saturated rings. The standard InChI is InChI=1S/C18H24N2O/c1-13(2)11-19-12-16-8-9-18(20-14(16)3)15-6-5-7-17(10-15)21-4/h5-10,13,19H,11-12H2,1-4H3. The van der Waals surface area contributed by atoms with Crippen LogP contribution in [0.4, 0.5) is 0 Å². The normalized spacial score (nSPS) is 10.9. The zero-order valence-corrected chi connectivity index (χ0v) is 13.3. The molecule has 2 rings (SSSR count). The minimum Gasteiger partial charge on any atom is -0.497 e. The lowest BCUT2D eigenvalue weighted by Gasteiger charge is -2.11. The predicted octanol–water partition coefficient (Wildman–Crippen LogP) is 3.81. The molecule has 1 aromatic carbocycles. The van der Waals surface area contributed by atoms with Gasteiger partial charge in [-0.3, -0.25) is 4.98 Å². The van der Waals surface area contributed by atoms with Gasteiger partial charge in [-0.15, -0.1) is 0 Å². The van der Waals surface area contributed by atoms with Crippen LogP contribution in [-0.2, 0) is 6.54 Å². The van der Waals surface area contributed by atoms with Crippen LogP contribution in [0, 0.1) is 12.8 Å². The van der Waals surface area contributed by atoms with Gasteiger partial charge in [0.2, 0.25) is 0 Å². The summed E-state index contributed by atoms with van der Waals surface area (Å²) >= 11 is 0. The van der Waals surface area contributed by atoms with Gasteiger partial charge in [-0.1, -0.05) is 32.0 Å². The van der Waals surface area contributed by atoms with E-state index in [9.17, 15) is 0 Å². The second-order valence-corrected chi connectivity index (χ2v) is 5.70. The first-order chi connectivity index (χ1) is 10.1. The van der Waals surface area contributed by atoms with Gasteiger partial charge in [-0.2, -0.15) is 0 Å². The Balaban J connectivity index is 2.14. The van der Waals surface area contributed by atoms with Crippen molar-refractivity contribution in [1.29, 1.82) is 0 Å². The third-order valence-corrected chi connectivity index (χ3v) is 3.43. The van der Waals surface area contributed by atoms with Gasteiger partial charge < -0.3 is 10.1 Å². The summed E-state index contributed by atoms with van der Waals surface area (Å²) in [5.41, 5.74) is 4.40. The fourth-order valence-corrected chi connectivity index (χ4v) is 2.22. The fourth-order valence-electron chi connectivity index (χ4n) is 2.22. The maximum atomic E-state index is 5.27. The number of benzene rings is 1. The Bertz CT molecular complexity index is 594. The molecule has 3 nitrogen and oxygen atoms in total. The average molecular weight is 284 g/mol. The van der Waals surface area contributed by atoms with Crippen LogP contribution in [0.1, 0.15) is 25.1 Å². The number of aromatic nitrogens is 1. The summed E-state index contributed by atoms with van der Waals surface area (Å²) < 4.78 is 5.27. The molecule has 2 aromatic rings. The van der Waals surface area contributed by atoms with Crippen molar-refractivity contribution >= 4 is 0 Å². The van der Waals surface area contributed by atoms with E-state index < -0.39 is 0 Å². The van der Waals surface area contributed by atoms with Crippen LogP contribution in [0.25, 0.3) is 11.3 Å². The van der Waals surface area contributed by atoms with Crippen molar-refractivity contribution in [2.45, 2.75) is 27.3 Å². The van der Waals surface area contributed by atoms with E-state index in [1.54, 1.807) is 7.11 Å². The van der Waals surface area contributed by atoms with Crippen molar-refractivity contribution < 1.29 is 4.74 Å². The number of methoxy groups -OCH3 is 1. The number of aryl methyl sites for hydroxylation is 1. The summed E-state index contributed by atoms with van der Waals surface area (Å²) in [5, 5.41) is 3.46. The highest BCUT2D eigenvalue weighted by Gasteiger charge is 2.05. The number of pyridine rings is 1. The van der Waals surface area contributed by atoms with E-state index in [-0.39, 0.29) is 0 Å². The molecular formula is C18H24N2O. The Morgan fingerprint density at radius 2 is 2.00 bits per heavy atom. The molecular weight excluding hydrogens is 260 g/mol. The van der Waals surface area contributed by atoms with Gasteiger partial charge in [0.15, 0.2) is 0 Å². The van der Waals surface area contributed by atoms with Gasteiger partial charge >= 0.3 is 0 Å². The molecule has 0 aliphatic heterocycles. The van der Waals surface area contributed by atoms with Gasteiger partial charge in [0, 0.05) is 17.8 Å².